The first-order chi connectivity index (χ1) is 10.9. The van der Waals surface area contributed by atoms with Crippen LogP contribution in [0.5, 0.6) is 0 Å². The van der Waals surface area contributed by atoms with Gasteiger partial charge >= 0.3 is 0 Å². The molecule has 0 bridgehead atoms. The first-order valence-electron chi connectivity index (χ1n) is 9.77. The van der Waals surface area contributed by atoms with Gasteiger partial charge in [0.25, 0.3) is 0 Å². The van der Waals surface area contributed by atoms with Gasteiger partial charge in [0.1, 0.15) is 0 Å². The fraction of sp³-hybridized carbons (Fsp3) is 0.857. The highest BCUT2D eigenvalue weighted by molar-refractivity contribution is 5.91. The summed E-state index contributed by atoms with van der Waals surface area (Å²) in [5.41, 5.74) is 1.89. The van der Waals surface area contributed by atoms with Gasteiger partial charge in [-0.15, -0.1) is 0 Å². The Morgan fingerprint density at radius 2 is 1.96 bits per heavy atom. The monoisotopic (exact) mass is 316 g/mol. The van der Waals surface area contributed by atoms with E-state index in [1.807, 2.05) is 6.08 Å². The van der Waals surface area contributed by atoms with Crippen molar-refractivity contribution in [3.63, 3.8) is 0 Å². The van der Waals surface area contributed by atoms with Gasteiger partial charge in [-0.1, -0.05) is 26.3 Å². The first-order valence-corrected chi connectivity index (χ1v) is 9.77. The van der Waals surface area contributed by atoms with Crippen LogP contribution < -0.4 is 0 Å². The Balaban J connectivity index is 1.74. The van der Waals surface area contributed by atoms with Crippen LogP contribution in [0.2, 0.25) is 0 Å². The molecule has 4 aliphatic carbocycles. The van der Waals surface area contributed by atoms with Crippen LogP contribution in [-0.4, -0.2) is 17.5 Å². The summed E-state index contributed by atoms with van der Waals surface area (Å²) >= 11 is 0. The zero-order valence-electron chi connectivity index (χ0n) is 15.0. The van der Waals surface area contributed by atoms with E-state index in [-0.39, 0.29) is 10.8 Å². The summed E-state index contributed by atoms with van der Waals surface area (Å²) in [4.78, 5) is 11.9. The van der Waals surface area contributed by atoms with Gasteiger partial charge in [-0.2, -0.15) is 0 Å². The Labute approximate surface area is 140 Å². The zero-order valence-corrected chi connectivity index (χ0v) is 15.0. The molecular weight excluding hydrogens is 284 g/mol. The van der Waals surface area contributed by atoms with Crippen LogP contribution in [-0.2, 0) is 4.79 Å². The van der Waals surface area contributed by atoms with Crippen LogP contribution in [0.15, 0.2) is 11.6 Å². The SMILES string of the molecule is CC1CC2=CC(=O)CC[C@]2(C)[C@H]2CC[C@]3(CO)C(C)CC[C@H]3[C@H]12. The minimum absolute atomic E-state index is 0.192. The Bertz CT molecular complexity index is 550. The predicted octanol–water partition coefficient (Wildman–Crippen LogP) is 4.37. The number of fused-ring (bicyclic) bond motifs is 5. The molecule has 0 spiro atoms. The average Bonchev–Trinajstić information content (AvgIpc) is 2.87. The molecule has 0 saturated heterocycles. The van der Waals surface area contributed by atoms with Crippen molar-refractivity contribution in [3.8, 4) is 0 Å². The number of carbonyl (C=O) groups excluding carboxylic acids is 1. The number of aliphatic hydroxyl groups excluding tert-OH is 1. The Morgan fingerprint density at radius 3 is 2.70 bits per heavy atom. The zero-order chi connectivity index (χ0) is 16.4. The number of ketones is 1. The summed E-state index contributed by atoms with van der Waals surface area (Å²) in [6, 6.07) is 0. The molecule has 2 heteroatoms. The third kappa shape index (κ3) is 2.00. The smallest absolute Gasteiger partial charge is 0.155 e. The van der Waals surface area contributed by atoms with E-state index in [1.54, 1.807) is 0 Å². The topological polar surface area (TPSA) is 37.3 Å². The van der Waals surface area contributed by atoms with Crippen LogP contribution >= 0.6 is 0 Å². The fourth-order valence-corrected chi connectivity index (χ4v) is 7.34. The van der Waals surface area contributed by atoms with Gasteiger partial charge in [0.2, 0.25) is 0 Å². The average molecular weight is 316 g/mol. The number of allylic oxidation sites excluding steroid dienone is 1. The molecule has 4 rings (SSSR count). The van der Waals surface area contributed by atoms with Gasteiger partial charge in [-0.05, 0) is 85.0 Å². The second kappa shape index (κ2) is 5.18. The van der Waals surface area contributed by atoms with Gasteiger partial charge in [-0.3, -0.25) is 4.79 Å². The lowest BCUT2D eigenvalue weighted by molar-refractivity contribution is -0.120. The van der Waals surface area contributed by atoms with E-state index >= 15 is 0 Å². The van der Waals surface area contributed by atoms with Crippen LogP contribution in [0.4, 0.5) is 0 Å². The molecule has 4 aliphatic rings. The third-order valence-corrected chi connectivity index (χ3v) is 8.75. The van der Waals surface area contributed by atoms with E-state index in [1.165, 1.54) is 31.3 Å². The number of hydrogen-bond donors (Lipinski definition) is 1. The normalized spacial score (nSPS) is 52.4. The van der Waals surface area contributed by atoms with Crippen molar-refractivity contribution in [2.24, 2.45) is 40.4 Å². The summed E-state index contributed by atoms with van der Waals surface area (Å²) in [5.74, 6) is 3.84. The fourth-order valence-electron chi connectivity index (χ4n) is 7.34. The molecule has 23 heavy (non-hydrogen) atoms. The lowest BCUT2D eigenvalue weighted by atomic mass is 9.44. The molecule has 2 unspecified atom stereocenters. The molecule has 2 nitrogen and oxygen atoms in total. The standard InChI is InChI=1S/C21H32O2/c1-13-10-15-11-16(23)6-8-20(15,3)17-7-9-21(12-22)14(2)4-5-18(21)19(13)17/h11,13-14,17-19,22H,4-10,12H2,1-3H3/t13?,14?,17-,18-,19+,20-,21-/m0/s1. The van der Waals surface area contributed by atoms with Crippen LogP contribution in [0, 0.1) is 40.4 Å². The summed E-state index contributed by atoms with van der Waals surface area (Å²) in [5, 5.41) is 10.3. The van der Waals surface area contributed by atoms with E-state index in [0.29, 0.717) is 30.1 Å². The van der Waals surface area contributed by atoms with Crippen molar-refractivity contribution in [3.05, 3.63) is 11.6 Å². The molecule has 0 amide bonds. The second-order valence-corrected chi connectivity index (χ2v) is 9.43. The maximum atomic E-state index is 11.9. The van der Waals surface area contributed by atoms with Crippen molar-refractivity contribution in [1.29, 1.82) is 0 Å². The molecule has 0 radical (unpaired) electrons. The highest BCUT2D eigenvalue weighted by atomic mass is 16.3. The Hall–Kier alpha value is -0.630. The lowest BCUT2D eigenvalue weighted by Crippen LogP contribution is -2.54. The third-order valence-electron chi connectivity index (χ3n) is 8.75. The molecule has 128 valence electrons. The van der Waals surface area contributed by atoms with Crippen LogP contribution in [0.25, 0.3) is 0 Å². The van der Waals surface area contributed by atoms with Crippen molar-refractivity contribution in [2.45, 2.75) is 65.7 Å². The van der Waals surface area contributed by atoms with Gasteiger partial charge in [0.15, 0.2) is 5.78 Å². The Kier molecular flexibility index (Phi) is 3.58. The molecule has 3 saturated carbocycles. The van der Waals surface area contributed by atoms with Crippen molar-refractivity contribution < 1.29 is 9.90 Å². The molecule has 0 aromatic heterocycles. The van der Waals surface area contributed by atoms with Crippen molar-refractivity contribution in [1.82, 2.24) is 0 Å². The van der Waals surface area contributed by atoms with E-state index in [2.05, 4.69) is 20.8 Å². The highest BCUT2D eigenvalue weighted by Gasteiger charge is 2.61. The molecule has 0 heterocycles. The highest BCUT2D eigenvalue weighted by Crippen LogP contribution is 2.67. The first kappa shape index (κ1) is 15.9. The van der Waals surface area contributed by atoms with E-state index in [9.17, 15) is 9.90 Å². The molecule has 0 aliphatic heterocycles. The van der Waals surface area contributed by atoms with Gasteiger partial charge in [-0.25, -0.2) is 0 Å². The molecule has 7 atom stereocenters. The predicted molar refractivity (Wildman–Crippen MR) is 91.8 cm³/mol. The maximum absolute atomic E-state index is 11.9. The Morgan fingerprint density at radius 1 is 1.17 bits per heavy atom. The van der Waals surface area contributed by atoms with Gasteiger partial charge in [0.05, 0.1) is 0 Å². The van der Waals surface area contributed by atoms with Gasteiger partial charge < -0.3 is 5.11 Å². The molecule has 0 aromatic rings. The molecule has 1 N–H and O–H groups in total. The molecular formula is C21H32O2. The van der Waals surface area contributed by atoms with E-state index in [4.69, 9.17) is 0 Å². The minimum Gasteiger partial charge on any atom is -0.396 e. The van der Waals surface area contributed by atoms with Crippen molar-refractivity contribution >= 4 is 5.78 Å². The van der Waals surface area contributed by atoms with Crippen molar-refractivity contribution in [2.75, 3.05) is 6.61 Å². The molecule has 0 aromatic carbocycles. The number of rotatable bonds is 1. The summed E-state index contributed by atoms with van der Waals surface area (Å²) in [7, 11) is 0. The van der Waals surface area contributed by atoms with Crippen LogP contribution in [0.3, 0.4) is 0 Å². The summed E-state index contributed by atoms with van der Waals surface area (Å²) in [6.07, 6.45) is 9.94. The van der Waals surface area contributed by atoms with Gasteiger partial charge in [0, 0.05) is 13.0 Å². The molecule has 3 fully saturated rings. The summed E-state index contributed by atoms with van der Waals surface area (Å²) < 4.78 is 0. The maximum Gasteiger partial charge on any atom is 0.155 e. The number of carbonyl (C=O) groups is 1. The number of aliphatic hydroxyl groups is 1. The van der Waals surface area contributed by atoms with E-state index in [0.717, 1.165) is 31.1 Å². The minimum atomic E-state index is 0.192. The number of hydrogen-bond acceptors (Lipinski definition) is 2. The quantitative estimate of drug-likeness (QED) is 0.780. The van der Waals surface area contributed by atoms with Crippen LogP contribution in [0.1, 0.15) is 65.7 Å². The largest absolute Gasteiger partial charge is 0.396 e. The lowest BCUT2D eigenvalue weighted by Gasteiger charge is -2.60. The summed E-state index contributed by atoms with van der Waals surface area (Å²) in [6.45, 7) is 7.61. The van der Waals surface area contributed by atoms with E-state index < -0.39 is 0 Å². The second-order valence-electron chi connectivity index (χ2n) is 9.43.